The Labute approximate surface area is 109 Å². The van der Waals surface area contributed by atoms with Crippen LogP contribution in [0.25, 0.3) is 0 Å². The first kappa shape index (κ1) is 13.5. The lowest BCUT2D eigenvalue weighted by atomic mass is 10.2. The highest BCUT2D eigenvalue weighted by molar-refractivity contribution is 9.10. The molecule has 2 rings (SSSR count). The molecule has 88 valence electrons. The molecule has 0 bridgehead atoms. The van der Waals surface area contributed by atoms with Crippen molar-refractivity contribution in [3.63, 3.8) is 0 Å². The standard InChI is InChI=1S/C11H13BrN2O.ClH/c12-9-4-2-1-3-8(9)7-14-10(15)11(13)5-6-11;/h1-4H,5-7,13H2,(H,14,15);1H. The lowest BCUT2D eigenvalue weighted by Crippen LogP contribution is -2.42. The van der Waals surface area contributed by atoms with Crippen molar-refractivity contribution in [3.8, 4) is 0 Å². The van der Waals surface area contributed by atoms with Gasteiger partial charge in [-0.15, -0.1) is 12.4 Å². The van der Waals surface area contributed by atoms with Crippen LogP contribution in [0, 0.1) is 0 Å². The summed E-state index contributed by atoms with van der Waals surface area (Å²) in [5.74, 6) is -0.0433. The zero-order valence-corrected chi connectivity index (χ0v) is 11.1. The molecule has 0 heterocycles. The van der Waals surface area contributed by atoms with Crippen LogP contribution in [0.3, 0.4) is 0 Å². The van der Waals surface area contributed by atoms with Crippen molar-refractivity contribution >= 4 is 34.2 Å². The van der Waals surface area contributed by atoms with Gasteiger partial charge >= 0.3 is 0 Å². The quantitative estimate of drug-likeness (QED) is 0.897. The third-order valence-corrected chi connectivity index (χ3v) is 3.41. The smallest absolute Gasteiger partial charge is 0.240 e. The predicted octanol–water partition coefficient (Wildman–Crippen LogP) is 1.98. The van der Waals surface area contributed by atoms with E-state index in [0.29, 0.717) is 6.54 Å². The zero-order valence-electron chi connectivity index (χ0n) is 8.70. The van der Waals surface area contributed by atoms with Crippen LogP contribution in [0.2, 0.25) is 0 Å². The molecule has 1 saturated carbocycles. The minimum atomic E-state index is -0.582. The largest absolute Gasteiger partial charge is 0.350 e. The van der Waals surface area contributed by atoms with Crippen molar-refractivity contribution in [3.05, 3.63) is 34.3 Å². The zero-order chi connectivity index (χ0) is 10.9. The summed E-state index contributed by atoms with van der Waals surface area (Å²) in [6.45, 7) is 0.527. The van der Waals surface area contributed by atoms with Crippen LogP contribution in [0.1, 0.15) is 18.4 Å². The van der Waals surface area contributed by atoms with Crippen LogP contribution >= 0.6 is 28.3 Å². The first-order valence-electron chi connectivity index (χ1n) is 4.92. The highest BCUT2D eigenvalue weighted by Crippen LogP contribution is 2.32. The molecule has 0 unspecified atom stereocenters. The first-order chi connectivity index (χ1) is 7.12. The molecule has 0 aliphatic heterocycles. The molecule has 1 aliphatic rings. The molecule has 0 radical (unpaired) electrons. The van der Waals surface area contributed by atoms with E-state index in [4.69, 9.17) is 5.73 Å². The van der Waals surface area contributed by atoms with Gasteiger partial charge in [-0.3, -0.25) is 4.79 Å². The number of hydrogen-bond donors (Lipinski definition) is 2. The molecule has 1 aliphatic carbocycles. The van der Waals surface area contributed by atoms with E-state index in [1.165, 1.54) is 0 Å². The highest BCUT2D eigenvalue weighted by atomic mass is 79.9. The fourth-order valence-electron chi connectivity index (χ4n) is 1.36. The molecule has 3 N–H and O–H groups in total. The highest BCUT2D eigenvalue weighted by Gasteiger charge is 2.45. The van der Waals surface area contributed by atoms with E-state index in [9.17, 15) is 4.79 Å². The Morgan fingerprint density at radius 2 is 2.06 bits per heavy atom. The molecular weight excluding hydrogens is 291 g/mol. The molecular formula is C11H14BrClN2O. The molecule has 0 spiro atoms. The van der Waals surface area contributed by atoms with Crippen molar-refractivity contribution in [2.45, 2.75) is 24.9 Å². The third kappa shape index (κ3) is 2.97. The maximum Gasteiger partial charge on any atom is 0.240 e. The van der Waals surface area contributed by atoms with Gasteiger partial charge < -0.3 is 11.1 Å². The van der Waals surface area contributed by atoms with Crippen LogP contribution in [-0.4, -0.2) is 11.4 Å². The lowest BCUT2D eigenvalue weighted by Gasteiger charge is -2.10. The Hall–Kier alpha value is -0.580. The van der Waals surface area contributed by atoms with Gasteiger partial charge in [0.15, 0.2) is 0 Å². The summed E-state index contributed by atoms with van der Waals surface area (Å²) in [7, 11) is 0. The van der Waals surface area contributed by atoms with Crippen molar-refractivity contribution in [2.75, 3.05) is 0 Å². The van der Waals surface area contributed by atoms with Crippen molar-refractivity contribution in [1.82, 2.24) is 5.32 Å². The molecule has 0 aromatic heterocycles. The molecule has 1 aromatic rings. The van der Waals surface area contributed by atoms with Gasteiger partial charge in [-0.2, -0.15) is 0 Å². The van der Waals surface area contributed by atoms with E-state index >= 15 is 0 Å². The third-order valence-electron chi connectivity index (χ3n) is 2.64. The number of halogens is 2. The number of benzene rings is 1. The number of nitrogens with one attached hydrogen (secondary N) is 1. The Kier molecular flexibility index (Phi) is 4.35. The van der Waals surface area contributed by atoms with Gasteiger partial charge in [-0.05, 0) is 24.5 Å². The van der Waals surface area contributed by atoms with Gasteiger partial charge in [0, 0.05) is 11.0 Å². The van der Waals surface area contributed by atoms with Crippen LogP contribution in [0.4, 0.5) is 0 Å². The molecule has 0 atom stereocenters. The van der Waals surface area contributed by atoms with Gasteiger partial charge in [0.05, 0.1) is 5.54 Å². The molecule has 1 aromatic carbocycles. The maximum atomic E-state index is 11.6. The summed E-state index contributed by atoms with van der Waals surface area (Å²) in [5.41, 5.74) is 6.25. The van der Waals surface area contributed by atoms with Crippen LogP contribution < -0.4 is 11.1 Å². The summed E-state index contributed by atoms with van der Waals surface area (Å²) >= 11 is 3.43. The fraction of sp³-hybridized carbons (Fsp3) is 0.364. The van der Waals surface area contributed by atoms with Crippen molar-refractivity contribution < 1.29 is 4.79 Å². The average molecular weight is 306 g/mol. The number of amides is 1. The second-order valence-corrected chi connectivity index (χ2v) is 4.78. The minimum absolute atomic E-state index is 0. The fourth-order valence-corrected chi connectivity index (χ4v) is 1.78. The van der Waals surface area contributed by atoms with Gasteiger partial charge in [0.1, 0.15) is 0 Å². The monoisotopic (exact) mass is 304 g/mol. The molecule has 0 saturated heterocycles. The van der Waals surface area contributed by atoms with E-state index < -0.39 is 5.54 Å². The Morgan fingerprint density at radius 1 is 1.44 bits per heavy atom. The molecule has 1 amide bonds. The molecule has 16 heavy (non-hydrogen) atoms. The topological polar surface area (TPSA) is 55.1 Å². The van der Waals surface area contributed by atoms with E-state index in [1.54, 1.807) is 0 Å². The second kappa shape index (κ2) is 5.17. The summed E-state index contributed by atoms with van der Waals surface area (Å²) in [6.07, 6.45) is 1.60. The van der Waals surface area contributed by atoms with Crippen molar-refractivity contribution in [1.29, 1.82) is 0 Å². The summed E-state index contributed by atoms with van der Waals surface area (Å²) in [6, 6.07) is 7.82. The minimum Gasteiger partial charge on any atom is -0.350 e. The average Bonchev–Trinajstić information content (AvgIpc) is 2.96. The first-order valence-corrected chi connectivity index (χ1v) is 5.72. The van der Waals surface area contributed by atoms with Gasteiger partial charge in [-0.25, -0.2) is 0 Å². The SMILES string of the molecule is Cl.NC1(C(=O)NCc2ccccc2Br)CC1. The van der Waals surface area contributed by atoms with E-state index in [2.05, 4.69) is 21.2 Å². The number of carbonyl (C=O) groups is 1. The van der Waals surface area contributed by atoms with Crippen LogP contribution in [-0.2, 0) is 11.3 Å². The number of hydrogen-bond acceptors (Lipinski definition) is 2. The maximum absolute atomic E-state index is 11.6. The van der Waals surface area contributed by atoms with Gasteiger partial charge in [0.25, 0.3) is 0 Å². The Balaban J connectivity index is 0.00000128. The normalized spacial score (nSPS) is 16.1. The van der Waals surface area contributed by atoms with E-state index in [1.807, 2.05) is 24.3 Å². The van der Waals surface area contributed by atoms with E-state index in [0.717, 1.165) is 22.9 Å². The summed E-state index contributed by atoms with van der Waals surface area (Å²) in [4.78, 5) is 11.6. The van der Waals surface area contributed by atoms with E-state index in [-0.39, 0.29) is 18.3 Å². The summed E-state index contributed by atoms with van der Waals surface area (Å²) < 4.78 is 1.01. The van der Waals surface area contributed by atoms with Gasteiger partial charge in [-0.1, -0.05) is 34.1 Å². The number of nitrogens with two attached hydrogens (primary N) is 1. The lowest BCUT2D eigenvalue weighted by molar-refractivity contribution is -0.123. The molecule has 3 nitrogen and oxygen atoms in total. The number of rotatable bonds is 3. The second-order valence-electron chi connectivity index (χ2n) is 3.93. The predicted molar refractivity (Wildman–Crippen MR) is 69.4 cm³/mol. The Bertz CT molecular complexity index is 393. The Morgan fingerprint density at radius 3 is 2.62 bits per heavy atom. The van der Waals surface area contributed by atoms with Crippen molar-refractivity contribution in [2.24, 2.45) is 5.73 Å². The van der Waals surface area contributed by atoms with Crippen LogP contribution in [0.15, 0.2) is 28.7 Å². The van der Waals surface area contributed by atoms with Gasteiger partial charge in [0.2, 0.25) is 5.91 Å². The van der Waals surface area contributed by atoms with Crippen LogP contribution in [0.5, 0.6) is 0 Å². The number of carbonyl (C=O) groups excluding carboxylic acids is 1. The molecule has 1 fully saturated rings. The summed E-state index contributed by atoms with van der Waals surface area (Å²) in [5, 5.41) is 2.85. The molecule has 5 heteroatoms.